The number of amides is 1. The van der Waals surface area contributed by atoms with E-state index in [4.69, 9.17) is 0 Å². The minimum Gasteiger partial charge on any atom is -0.355 e. The topological polar surface area (TPSA) is 74.2 Å². The highest BCUT2D eigenvalue weighted by Crippen LogP contribution is 2.43. The fourth-order valence-electron chi connectivity index (χ4n) is 4.94. The van der Waals surface area contributed by atoms with E-state index in [1.807, 2.05) is 24.4 Å². The Bertz CT molecular complexity index is 843. The summed E-state index contributed by atoms with van der Waals surface area (Å²) in [7, 11) is 0. The van der Waals surface area contributed by atoms with Gasteiger partial charge in [0.25, 0.3) is 0 Å². The number of carbonyl (C=O) groups excluding carboxylic acids is 1. The van der Waals surface area contributed by atoms with Gasteiger partial charge in [-0.3, -0.25) is 14.7 Å². The molecular formula is C22H28N6O. The minimum absolute atomic E-state index is 0.0848. The number of nitrogens with zero attached hydrogens (tertiary/aromatic N) is 5. The number of likely N-dealkylation sites (tertiary alicyclic amines) is 1. The van der Waals surface area contributed by atoms with E-state index in [0.717, 1.165) is 57.2 Å². The summed E-state index contributed by atoms with van der Waals surface area (Å²) in [5, 5.41) is 3.28. The summed E-state index contributed by atoms with van der Waals surface area (Å²) in [6, 6.07) is 7.94. The van der Waals surface area contributed by atoms with Crippen LogP contribution in [-0.2, 0) is 11.3 Å². The monoisotopic (exact) mass is 392 g/mol. The zero-order chi connectivity index (χ0) is 19.7. The SMILES string of the molecule is O=C(NCC1CC1)[C@@]12CCCN(c3ncccn3)[C@@H]1CN(Cc1ccccn1)C2. The van der Waals surface area contributed by atoms with Crippen molar-refractivity contribution < 1.29 is 4.79 Å². The molecule has 0 unspecified atom stereocenters. The van der Waals surface area contributed by atoms with Gasteiger partial charge in [-0.15, -0.1) is 0 Å². The van der Waals surface area contributed by atoms with E-state index in [-0.39, 0.29) is 11.9 Å². The first kappa shape index (κ1) is 18.5. The molecule has 3 aliphatic rings. The molecule has 0 bridgehead atoms. The lowest BCUT2D eigenvalue weighted by Gasteiger charge is -2.44. The van der Waals surface area contributed by atoms with Gasteiger partial charge >= 0.3 is 0 Å². The summed E-state index contributed by atoms with van der Waals surface area (Å²) in [5.74, 6) is 1.62. The van der Waals surface area contributed by atoms with Crippen LogP contribution < -0.4 is 10.2 Å². The molecule has 0 aromatic carbocycles. The van der Waals surface area contributed by atoms with Crippen LogP contribution in [0.4, 0.5) is 5.95 Å². The fourth-order valence-corrected chi connectivity index (χ4v) is 4.94. The number of piperidine rings is 1. The number of fused-ring (bicyclic) bond motifs is 1. The number of pyridine rings is 1. The number of rotatable bonds is 6. The Labute approximate surface area is 171 Å². The van der Waals surface area contributed by atoms with Crippen molar-refractivity contribution in [2.45, 2.75) is 38.3 Å². The van der Waals surface area contributed by atoms with Crippen molar-refractivity contribution in [2.24, 2.45) is 11.3 Å². The molecule has 0 spiro atoms. The molecular weight excluding hydrogens is 364 g/mol. The number of nitrogens with one attached hydrogen (secondary N) is 1. The predicted octanol–water partition coefficient (Wildman–Crippen LogP) is 1.87. The summed E-state index contributed by atoms with van der Waals surface area (Å²) in [5.41, 5.74) is 0.628. The van der Waals surface area contributed by atoms with Crippen LogP contribution in [0.1, 0.15) is 31.4 Å². The van der Waals surface area contributed by atoms with E-state index in [2.05, 4.69) is 36.1 Å². The van der Waals surface area contributed by atoms with Crippen LogP contribution in [0, 0.1) is 11.3 Å². The van der Waals surface area contributed by atoms with Crippen molar-refractivity contribution in [1.29, 1.82) is 0 Å². The molecule has 152 valence electrons. The average molecular weight is 393 g/mol. The summed E-state index contributed by atoms with van der Waals surface area (Å²) in [4.78, 5) is 31.6. The summed E-state index contributed by atoms with van der Waals surface area (Å²) < 4.78 is 0. The van der Waals surface area contributed by atoms with E-state index in [0.29, 0.717) is 5.92 Å². The second kappa shape index (κ2) is 7.71. The van der Waals surface area contributed by atoms with Crippen molar-refractivity contribution in [2.75, 3.05) is 31.1 Å². The molecule has 3 fully saturated rings. The Morgan fingerprint density at radius 2 is 1.97 bits per heavy atom. The predicted molar refractivity (Wildman–Crippen MR) is 110 cm³/mol. The Kier molecular flexibility index (Phi) is 4.91. The molecule has 2 saturated heterocycles. The number of anilines is 1. The summed E-state index contributed by atoms with van der Waals surface area (Å²) in [6.07, 6.45) is 9.78. The lowest BCUT2D eigenvalue weighted by molar-refractivity contribution is -0.132. The number of carbonyl (C=O) groups is 1. The zero-order valence-corrected chi connectivity index (χ0v) is 16.7. The molecule has 0 radical (unpaired) electrons. The van der Waals surface area contributed by atoms with Crippen LogP contribution in [0.15, 0.2) is 42.9 Å². The third-order valence-electron chi connectivity index (χ3n) is 6.59. The summed E-state index contributed by atoms with van der Waals surface area (Å²) >= 11 is 0. The maximum atomic E-state index is 13.5. The molecule has 1 aliphatic carbocycles. The van der Waals surface area contributed by atoms with Crippen LogP contribution in [0.25, 0.3) is 0 Å². The lowest BCUT2D eigenvalue weighted by atomic mass is 9.74. The molecule has 2 aromatic rings. The number of aromatic nitrogens is 3. The normalized spacial score (nSPS) is 26.9. The van der Waals surface area contributed by atoms with E-state index in [1.165, 1.54) is 12.8 Å². The molecule has 1 saturated carbocycles. The molecule has 1 amide bonds. The van der Waals surface area contributed by atoms with Crippen molar-refractivity contribution >= 4 is 11.9 Å². The van der Waals surface area contributed by atoms with Gasteiger partial charge in [-0.25, -0.2) is 9.97 Å². The van der Waals surface area contributed by atoms with E-state index in [1.54, 1.807) is 12.4 Å². The van der Waals surface area contributed by atoms with Crippen LogP contribution in [0.3, 0.4) is 0 Å². The van der Waals surface area contributed by atoms with Gasteiger partial charge in [0.2, 0.25) is 11.9 Å². The molecule has 29 heavy (non-hydrogen) atoms. The first-order chi connectivity index (χ1) is 14.2. The van der Waals surface area contributed by atoms with Gasteiger partial charge < -0.3 is 10.2 Å². The van der Waals surface area contributed by atoms with Crippen LogP contribution in [0.2, 0.25) is 0 Å². The van der Waals surface area contributed by atoms with Gasteiger partial charge in [-0.2, -0.15) is 0 Å². The largest absolute Gasteiger partial charge is 0.355 e. The van der Waals surface area contributed by atoms with Gasteiger partial charge in [-0.1, -0.05) is 6.07 Å². The fraction of sp³-hybridized carbons (Fsp3) is 0.545. The average Bonchev–Trinajstić information content (AvgIpc) is 3.51. The lowest BCUT2D eigenvalue weighted by Crippen LogP contribution is -2.59. The molecule has 7 nitrogen and oxygen atoms in total. The Morgan fingerprint density at radius 3 is 2.72 bits per heavy atom. The van der Waals surface area contributed by atoms with Crippen molar-refractivity contribution in [3.05, 3.63) is 48.5 Å². The third-order valence-corrected chi connectivity index (χ3v) is 6.59. The third kappa shape index (κ3) is 3.71. The highest BCUT2D eigenvalue weighted by molar-refractivity contribution is 5.85. The van der Waals surface area contributed by atoms with Crippen molar-refractivity contribution in [3.8, 4) is 0 Å². The molecule has 2 aromatic heterocycles. The van der Waals surface area contributed by atoms with Crippen molar-refractivity contribution in [1.82, 2.24) is 25.2 Å². The summed E-state index contributed by atoms with van der Waals surface area (Å²) in [6.45, 7) is 4.05. The zero-order valence-electron chi connectivity index (χ0n) is 16.7. The number of hydrogen-bond acceptors (Lipinski definition) is 6. The van der Waals surface area contributed by atoms with E-state index < -0.39 is 5.41 Å². The molecule has 7 heteroatoms. The van der Waals surface area contributed by atoms with Gasteiger partial charge in [0, 0.05) is 51.3 Å². The van der Waals surface area contributed by atoms with Gasteiger partial charge in [-0.05, 0) is 49.8 Å². The molecule has 1 N–H and O–H groups in total. The quantitative estimate of drug-likeness (QED) is 0.809. The highest BCUT2D eigenvalue weighted by Gasteiger charge is 2.56. The van der Waals surface area contributed by atoms with E-state index >= 15 is 0 Å². The maximum Gasteiger partial charge on any atom is 0.229 e. The highest BCUT2D eigenvalue weighted by atomic mass is 16.2. The van der Waals surface area contributed by atoms with Crippen LogP contribution >= 0.6 is 0 Å². The Hall–Kier alpha value is -2.54. The first-order valence-electron chi connectivity index (χ1n) is 10.7. The number of hydrogen-bond donors (Lipinski definition) is 1. The van der Waals surface area contributed by atoms with Gasteiger partial charge in [0.15, 0.2) is 0 Å². The van der Waals surface area contributed by atoms with Crippen LogP contribution in [-0.4, -0.2) is 58.0 Å². The first-order valence-corrected chi connectivity index (χ1v) is 10.7. The minimum atomic E-state index is -0.416. The van der Waals surface area contributed by atoms with Gasteiger partial charge in [0.1, 0.15) is 0 Å². The second-order valence-electron chi connectivity index (χ2n) is 8.66. The molecule has 5 rings (SSSR count). The van der Waals surface area contributed by atoms with E-state index in [9.17, 15) is 4.79 Å². The smallest absolute Gasteiger partial charge is 0.229 e. The molecule has 2 atom stereocenters. The Balaban J connectivity index is 1.42. The van der Waals surface area contributed by atoms with Crippen molar-refractivity contribution in [3.63, 3.8) is 0 Å². The molecule has 2 aliphatic heterocycles. The molecule has 4 heterocycles. The Morgan fingerprint density at radius 1 is 1.14 bits per heavy atom. The van der Waals surface area contributed by atoms with Crippen LogP contribution in [0.5, 0.6) is 0 Å². The second-order valence-corrected chi connectivity index (χ2v) is 8.66. The van der Waals surface area contributed by atoms with Gasteiger partial charge in [0.05, 0.1) is 17.2 Å². The standard InChI is InChI=1S/C22H28N6O/c29-20(26-13-17-6-7-17)22-8-3-12-28(21-24-10-4-11-25-21)19(22)15-27(16-22)14-18-5-1-2-9-23-18/h1-2,4-5,9-11,17,19H,3,6-8,12-16H2,(H,26,29)/t19-,22-/m1/s1. The maximum absolute atomic E-state index is 13.5.